The minimum Gasteiger partial charge on any atom is -0.381 e. The Kier molecular flexibility index (Phi) is 7.29. The van der Waals surface area contributed by atoms with Crippen LogP contribution in [0, 0.1) is 0 Å². The summed E-state index contributed by atoms with van der Waals surface area (Å²) in [5, 5.41) is 3.22. The number of hydrogen-bond acceptors (Lipinski definition) is 4. The lowest BCUT2D eigenvalue weighted by Crippen LogP contribution is -2.47. The highest BCUT2D eigenvalue weighted by molar-refractivity contribution is 7.92. The van der Waals surface area contributed by atoms with Crippen LogP contribution >= 0.6 is 23.2 Å². The summed E-state index contributed by atoms with van der Waals surface area (Å²) in [6.07, 6.45) is 2.57. The Bertz CT molecular complexity index is 993. The van der Waals surface area contributed by atoms with Gasteiger partial charge in [-0.2, -0.15) is 0 Å². The van der Waals surface area contributed by atoms with Crippen molar-refractivity contribution in [2.75, 3.05) is 36.9 Å². The van der Waals surface area contributed by atoms with E-state index in [-0.39, 0.29) is 27.7 Å². The number of sulfonamides is 1. The van der Waals surface area contributed by atoms with Crippen molar-refractivity contribution in [3.8, 4) is 0 Å². The Balaban J connectivity index is 1.77. The summed E-state index contributed by atoms with van der Waals surface area (Å²) in [6, 6.07) is 14.7. The highest BCUT2D eigenvalue weighted by Crippen LogP contribution is 2.35. The maximum Gasteiger partial charge on any atom is 0.240 e. The van der Waals surface area contributed by atoms with E-state index in [1.807, 2.05) is 30.3 Å². The molecule has 1 amide bonds. The summed E-state index contributed by atoms with van der Waals surface area (Å²) in [4.78, 5) is 12.8. The van der Waals surface area contributed by atoms with Gasteiger partial charge in [-0.25, -0.2) is 8.42 Å². The molecule has 2 aromatic rings. The smallest absolute Gasteiger partial charge is 0.240 e. The quantitative estimate of drug-likeness (QED) is 0.670. The van der Waals surface area contributed by atoms with Gasteiger partial charge in [0, 0.05) is 25.2 Å². The van der Waals surface area contributed by atoms with Gasteiger partial charge >= 0.3 is 0 Å². The number of nitrogens with one attached hydrogen (secondary N) is 1. The van der Waals surface area contributed by atoms with Crippen LogP contribution in [-0.4, -0.2) is 46.9 Å². The van der Waals surface area contributed by atoms with Gasteiger partial charge in [-0.3, -0.25) is 9.10 Å². The molecule has 6 nitrogen and oxygen atoms in total. The topological polar surface area (TPSA) is 75.7 Å². The predicted molar refractivity (Wildman–Crippen MR) is 120 cm³/mol. The highest BCUT2D eigenvalue weighted by Gasteiger charge is 2.35. The van der Waals surface area contributed by atoms with Crippen LogP contribution in [0.25, 0.3) is 0 Å². The van der Waals surface area contributed by atoms with Gasteiger partial charge in [0.2, 0.25) is 15.9 Å². The van der Waals surface area contributed by atoms with Crippen LogP contribution in [0.1, 0.15) is 18.4 Å². The van der Waals surface area contributed by atoms with Crippen molar-refractivity contribution in [3.05, 3.63) is 64.1 Å². The monoisotopic (exact) mass is 470 g/mol. The third kappa shape index (κ3) is 5.27. The molecule has 0 radical (unpaired) electrons. The van der Waals surface area contributed by atoms with Crippen LogP contribution in [0.4, 0.5) is 5.69 Å². The molecule has 9 heteroatoms. The summed E-state index contributed by atoms with van der Waals surface area (Å²) < 4.78 is 31.2. The summed E-state index contributed by atoms with van der Waals surface area (Å²) in [6.45, 7) is 1.22. The number of ether oxygens (including phenoxy) is 1. The summed E-state index contributed by atoms with van der Waals surface area (Å²) >= 11 is 12.2. The lowest BCUT2D eigenvalue weighted by Gasteiger charge is -2.38. The summed E-state index contributed by atoms with van der Waals surface area (Å²) in [7, 11) is -3.75. The Morgan fingerprint density at radius 1 is 1.10 bits per heavy atom. The molecule has 0 unspecified atom stereocenters. The normalized spacial score (nSPS) is 16.1. The molecule has 0 aromatic heterocycles. The molecule has 30 heavy (non-hydrogen) atoms. The highest BCUT2D eigenvalue weighted by atomic mass is 35.5. The van der Waals surface area contributed by atoms with E-state index < -0.39 is 15.9 Å². The van der Waals surface area contributed by atoms with E-state index in [0.717, 1.165) is 29.0 Å². The van der Waals surface area contributed by atoms with Gasteiger partial charge in [-0.1, -0.05) is 59.6 Å². The maximum atomic E-state index is 12.8. The van der Waals surface area contributed by atoms with E-state index in [1.54, 1.807) is 12.1 Å². The Morgan fingerprint density at radius 3 is 2.40 bits per heavy atom. The molecule has 1 aliphatic rings. The number of carbonyl (C=O) groups is 1. The first-order chi connectivity index (χ1) is 14.2. The van der Waals surface area contributed by atoms with Crippen molar-refractivity contribution in [3.63, 3.8) is 0 Å². The number of anilines is 1. The van der Waals surface area contributed by atoms with Crippen LogP contribution in [0.5, 0.6) is 0 Å². The average Bonchev–Trinajstić information content (AvgIpc) is 2.73. The van der Waals surface area contributed by atoms with Gasteiger partial charge in [-0.05, 0) is 30.5 Å². The van der Waals surface area contributed by atoms with Crippen LogP contribution < -0.4 is 9.62 Å². The van der Waals surface area contributed by atoms with Crippen molar-refractivity contribution in [1.29, 1.82) is 0 Å². The fourth-order valence-corrected chi connectivity index (χ4v) is 4.95. The van der Waals surface area contributed by atoms with Crippen molar-refractivity contribution in [2.24, 2.45) is 0 Å². The van der Waals surface area contributed by atoms with Gasteiger partial charge < -0.3 is 10.1 Å². The predicted octanol–water partition coefficient (Wildman–Crippen LogP) is 3.62. The lowest BCUT2D eigenvalue weighted by molar-refractivity contribution is -0.120. The number of benzene rings is 2. The first kappa shape index (κ1) is 22.9. The number of hydrogen-bond donors (Lipinski definition) is 1. The number of halogens is 2. The average molecular weight is 471 g/mol. The number of rotatable bonds is 7. The second-order valence-corrected chi connectivity index (χ2v) is 10.1. The minimum absolute atomic E-state index is 0.0857. The third-order valence-corrected chi connectivity index (χ3v) is 7.28. The Hall–Kier alpha value is -1.80. The zero-order chi connectivity index (χ0) is 21.8. The Morgan fingerprint density at radius 2 is 1.77 bits per heavy atom. The fraction of sp³-hybridized carbons (Fsp3) is 0.381. The van der Waals surface area contributed by atoms with E-state index in [4.69, 9.17) is 27.9 Å². The maximum absolute atomic E-state index is 12.8. The van der Waals surface area contributed by atoms with Crippen molar-refractivity contribution < 1.29 is 17.9 Å². The van der Waals surface area contributed by atoms with Crippen LogP contribution in [0.3, 0.4) is 0 Å². The van der Waals surface area contributed by atoms with Crippen LogP contribution in [0.2, 0.25) is 10.0 Å². The largest absolute Gasteiger partial charge is 0.381 e. The van der Waals surface area contributed by atoms with E-state index in [1.165, 1.54) is 6.07 Å². The Labute approximate surface area is 187 Å². The second kappa shape index (κ2) is 9.56. The molecule has 162 valence electrons. The van der Waals surface area contributed by atoms with Gasteiger partial charge in [0.05, 0.1) is 22.0 Å². The molecular formula is C21H24Cl2N2O4S. The fourth-order valence-electron chi connectivity index (χ4n) is 3.64. The second-order valence-electron chi connectivity index (χ2n) is 7.38. The molecule has 0 atom stereocenters. The molecule has 1 saturated heterocycles. The van der Waals surface area contributed by atoms with E-state index in [0.29, 0.717) is 19.8 Å². The third-order valence-electron chi connectivity index (χ3n) is 5.35. The molecule has 0 bridgehead atoms. The summed E-state index contributed by atoms with van der Waals surface area (Å²) in [5.74, 6) is -0.418. The lowest BCUT2D eigenvalue weighted by atomic mass is 9.74. The van der Waals surface area contributed by atoms with Crippen LogP contribution in [-0.2, 0) is 25.0 Å². The zero-order valence-corrected chi connectivity index (χ0v) is 18.9. The van der Waals surface area contributed by atoms with E-state index in [2.05, 4.69) is 5.32 Å². The molecule has 0 aliphatic carbocycles. The van der Waals surface area contributed by atoms with Gasteiger partial charge in [-0.15, -0.1) is 0 Å². The van der Waals surface area contributed by atoms with E-state index in [9.17, 15) is 13.2 Å². The first-order valence-electron chi connectivity index (χ1n) is 9.55. The summed E-state index contributed by atoms with van der Waals surface area (Å²) in [5.41, 5.74) is 1.05. The molecule has 2 aromatic carbocycles. The molecular weight excluding hydrogens is 447 g/mol. The molecule has 1 N–H and O–H groups in total. The molecule has 0 spiro atoms. The van der Waals surface area contributed by atoms with Crippen LogP contribution in [0.15, 0.2) is 48.5 Å². The van der Waals surface area contributed by atoms with Gasteiger partial charge in [0.1, 0.15) is 6.54 Å². The molecule has 1 heterocycles. The van der Waals surface area contributed by atoms with Gasteiger partial charge in [0.15, 0.2) is 0 Å². The molecule has 1 fully saturated rings. The standard InChI is InChI=1S/C21H24Cl2N2O4S/c1-30(27,28)25(18-9-5-8-17(22)20(18)23)14-19(26)24-15-21(10-12-29-13-11-21)16-6-3-2-4-7-16/h2-9H,10-15H2,1H3,(H,24,26). The number of nitrogens with zero attached hydrogens (tertiary/aromatic N) is 1. The molecule has 0 saturated carbocycles. The van der Waals surface area contributed by atoms with Crippen molar-refractivity contribution >= 4 is 44.8 Å². The van der Waals surface area contributed by atoms with Crippen molar-refractivity contribution in [2.45, 2.75) is 18.3 Å². The molecule has 3 rings (SSSR count). The number of amides is 1. The van der Waals surface area contributed by atoms with Crippen molar-refractivity contribution in [1.82, 2.24) is 5.32 Å². The molecule has 1 aliphatic heterocycles. The van der Waals surface area contributed by atoms with E-state index >= 15 is 0 Å². The first-order valence-corrected chi connectivity index (χ1v) is 12.2. The van der Waals surface area contributed by atoms with Gasteiger partial charge in [0.25, 0.3) is 0 Å². The zero-order valence-electron chi connectivity index (χ0n) is 16.6. The minimum atomic E-state index is -3.75. The SMILES string of the molecule is CS(=O)(=O)N(CC(=O)NCC1(c2ccccc2)CCOCC1)c1cccc(Cl)c1Cl. The number of carbonyl (C=O) groups excluding carboxylic acids is 1.